The van der Waals surface area contributed by atoms with Crippen molar-refractivity contribution in [3.8, 4) is 5.88 Å². The highest BCUT2D eigenvalue weighted by Gasteiger charge is 2.19. The van der Waals surface area contributed by atoms with Crippen LogP contribution in [0.2, 0.25) is 5.15 Å². The minimum absolute atomic E-state index is 0.157. The average Bonchev–Trinajstić information content (AvgIpc) is 2.36. The van der Waals surface area contributed by atoms with Crippen molar-refractivity contribution in [1.82, 2.24) is 9.97 Å². The van der Waals surface area contributed by atoms with E-state index in [1.165, 1.54) is 0 Å². The lowest BCUT2D eigenvalue weighted by Crippen LogP contribution is -2.16. The highest BCUT2D eigenvalue weighted by molar-refractivity contribution is 6.29. The van der Waals surface area contributed by atoms with E-state index in [0.717, 1.165) is 5.56 Å². The molecule has 0 radical (unpaired) electrons. The molecule has 0 spiro atoms. The third kappa shape index (κ3) is 3.93. The number of ether oxygens (including phenoxy) is 1. The van der Waals surface area contributed by atoms with Gasteiger partial charge in [0.25, 0.3) is 0 Å². The topological polar surface area (TPSA) is 35.0 Å². The first-order valence-corrected chi connectivity index (χ1v) is 6.55. The van der Waals surface area contributed by atoms with Crippen LogP contribution in [0.4, 0.5) is 0 Å². The number of benzene rings is 1. The number of rotatable bonds is 3. The molecule has 0 amide bonds. The van der Waals surface area contributed by atoms with E-state index in [9.17, 15) is 0 Å². The van der Waals surface area contributed by atoms with E-state index in [0.29, 0.717) is 23.5 Å². The normalized spacial score (nSPS) is 11.4. The van der Waals surface area contributed by atoms with E-state index in [4.69, 9.17) is 16.3 Å². The van der Waals surface area contributed by atoms with E-state index in [1.807, 2.05) is 51.1 Å². The molecule has 0 atom stereocenters. The fraction of sp³-hybridized carbons (Fsp3) is 0.333. The SMILES string of the molecule is CC(C)(C)c1nc(Cl)cc(OCc2ccccc2)n1. The number of hydrogen-bond donors (Lipinski definition) is 0. The summed E-state index contributed by atoms with van der Waals surface area (Å²) in [6.45, 7) is 6.59. The molecule has 0 N–H and O–H groups in total. The first kappa shape index (κ1) is 13.8. The molecule has 1 aromatic carbocycles. The van der Waals surface area contributed by atoms with Gasteiger partial charge in [-0.05, 0) is 5.56 Å². The number of halogens is 1. The molecule has 19 heavy (non-hydrogen) atoms. The van der Waals surface area contributed by atoms with Crippen LogP contribution in [-0.2, 0) is 12.0 Å². The summed E-state index contributed by atoms with van der Waals surface area (Å²) in [5.41, 5.74) is 0.935. The molecular formula is C15H17ClN2O. The fourth-order valence-electron chi connectivity index (χ4n) is 1.54. The van der Waals surface area contributed by atoms with Crippen LogP contribution in [0.3, 0.4) is 0 Å². The zero-order chi connectivity index (χ0) is 13.9. The Balaban J connectivity index is 2.15. The van der Waals surface area contributed by atoms with Gasteiger partial charge >= 0.3 is 0 Å². The van der Waals surface area contributed by atoms with Crippen LogP contribution in [0.25, 0.3) is 0 Å². The smallest absolute Gasteiger partial charge is 0.218 e. The average molecular weight is 277 g/mol. The Morgan fingerprint density at radius 3 is 2.42 bits per heavy atom. The summed E-state index contributed by atoms with van der Waals surface area (Å²) in [5, 5.41) is 0.406. The lowest BCUT2D eigenvalue weighted by molar-refractivity contribution is 0.290. The van der Waals surface area contributed by atoms with Crippen LogP contribution in [0, 0.1) is 0 Å². The largest absolute Gasteiger partial charge is 0.473 e. The maximum absolute atomic E-state index is 6.01. The molecule has 0 unspecified atom stereocenters. The van der Waals surface area contributed by atoms with E-state index in [2.05, 4.69) is 9.97 Å². The molecule has 0 aliphatic rings. The molecule has 0 aliphatic carbocycles. The Labute approximate surface area is 118 Å². The summed E-state index contributed by atoms with van der Waals surface area (Å²) in [7, 11) is 0. The second kappa shape index (κ2) is 5.57. The Hall–Kier alpha value is -1.61. The van der Waals surface area contributed by atoms with E-state index in [-0.39, 0.29) is 5.41 Å². The summed E-state index contributed by atoms with van der Waals surface area (Å²) in [6, 6.07) is 11.6. The van der Waals surface area contributed by atoms with Gasteiger partial charge in [0.1, 0.15) is 17.6 Å². The monoisotopic (exact) mass is 276 g/mol. The van der Waals surface area contributed by atoms with Crippen molar-refractivity contribution in [2.45, 2.75) is 32.8 Å². The number of aromatic nitrogens is 2. The Morgan fingerprint density at radius 2 is 1.79 bits per heavy atom. The van der Waals surface area contributed by atoms with Gasteiger partial charge in [0.15, 0.2) is 0 Å². The van der Waals surface area contributed by atoms with Crippen LogP contribution in [0.1, 0.15) is 32.2 Å². The van der Waals surface area contributed by atoms with Crippen LogP contribution >= 0.6 is 11.6 Å². The lowest BCUT2D eigenvalue weighted by atomic mass is 9.96. The minimum atomic E-state index is -0.157. The quantitative estimate of drug-likeness (QED) is 0.795. The summed E-state index contributed by atoms with van der Waals surface area (Å²) in [5.74, 6) is 1.19. The minimum Gasteiger partial charge on any atom is -0.473 e. The molecular weight excluding hydrogens is 260 g/mol. The van der Waals surface area contributed by atoms with Crippen LogP contribution in [-0.4, -0.2) is 9.97 Å². The van der Waals surface area contributed by atoms with Gasteiger partial charge in [-0.15, -0.1) is 0 Å². The van der Waals surface area contributed by atoms with Crippen molar-refractivity contribution in [3.05, 3.63) is 52.9 Å². The van der Waals surface area contributed by atoms with Crippen molar-refractivity contribution < 1.29 is 4.74 Å². The third-order valence-corrected chi connectivity index (χ3v) is 2.77. The zero-order valence-corrected chi connectivity index (χ0v) is 12.1. The molecule has 0 bridgehead atoms. The molecule has 0 saturated heterocycles. The van der Waals surface area contributed by atoms with E-state index in [1.54, 1.807) is 6.07 Å². The second-order valence-electron chi connectivity index (χ2n) is 5.38. The predicted octanol–water partition coefficient (Wildman–Crippen LogP) is 4.01. The molecule has 0 aliphatic heterocycles. The zero-order valence-electron chi connectivity index (χ0n) is 11.4. The summed E-state index contributed by atoms with van der Waals surface area (Å²) >= 11 is 6.01. The highest BCUT2D eigenvalue weighted by Crippen LogP contribution is 2.23. The van der Waals surface area contributed by atoms with Gasteiger partial charge < -0.3 is 4.74 Å². The van der Waals surface area contributed by atoms with Crippen molar-refractivity contribution in [3.63, 3.8) is 0 Å². The molecule has 0 fully saturated rings. The van der Waals surface area contributed by atoms with Gasteiger partial charge in [-0.1, -0.05) is 62.7 Å². The van der Waals surface area contributed by atoms with Crippen molar-refractivity contribution >= 4 is 11.6 Å². The first-order chi connectivity index (χ1) is 8.95. The number of hydrogen-bond acceptors (Lipinski definition) is 3. The third-order valence-electron chi connectivity index (χ3n) is 2.57. The van der Waals surface area contributed by atoms with Gasteiger partial charge in [0, 0.05) is 11.5 Å². The Kier molecular flexibility index (Phi) is 4.05. The van der Waals surface area contributed by atoms with Gasteiger partial charge in [-0.2, -0.15) is 4.98 Å². The van der Waals surface area contributed by atoms with Crippen LogP contribution in [0.5, 0.6) is 5.88 Å². The van der Waals surface area contributed by atoms with E-state index < -0.39 is 0 Å². The van der Waals surface area contributed by atoms with Crippen molar-refractivity contribution in [2.75, 3.05) is 0 Å². The Morgan fingerprint density at radius 1 is 1.11 bits per heavy atom. The maximum Gasteiger partial charge on any atom is 0.218 e. The van der Waals surface area contributed by atoms with Crippen LogP contribution < -0.4 is 4.74 Å². The van der Waals surface area contributed by atoms with Gasteiger partial charge in [-0.3, -0.25) is 0 Å². The first-order valence-electron chi connectivity index (χ1n) is 6.17. The predicted molar refractivity (Wildman–Crippen MR) is 76.5 cm³/mol. The highest BCUT2D eigenvalue weighted by atomic mass is 35.5. The standard InChI is InChI=1S/C15H17ClN2O/c1-15(2,3)14-17-12(16)9-13(18-14)19-10-11-7-5-4-6-8-11/h4-9H,10H2,1-3H3. The molecule has 2 aromatic rings. The summed E-state index contributed by atoms with van der Waals surface area (Å²) in [6.07, 6.45) is 0. The maximum atomic E-state index is 6.01. The van der Waals surface area contributed by atoms with Crippen molar-refractivity contribution in [2.24, 2.45) is 0 Å². The molecule has 1 aromatic heterocycles. The summed E-state index contributed by atoms with van der Waals surface area (Å²) < 4.78 is 5.67. The van der Waals surface area contributed by atoms with Gasteiger partial charge in [0.2, 0.25) is 5.88 Å². The molecule has 4 heteroatoms. The number of nitrogens with zero attached hydrogens (tertiary/aromatic N) is 2. The molecule has 0 saturated carbocycles. The Bertz CT molecular complexity index is 550. The van der Waals surface area contributed by atoms with E-state index >= 15 is 0 Å². The molecule has 3 nitrogen and oxygen atoms in total. The van der Waals surface area contributed by atoms with Gasteiger partial charge in [-0.25, -0.2) is 4.98 Å². The lowest BCUT2D eigenvalue weighted by Gasteiger charge is -2.17. The molecule has 2 rings (SSSR count). The molecule has 1 heterocycles. The van der Waals surface area contributed by atoms with Crippen LogP contribution in [0.15, 0.2) is 36.4 Å². The molecule has 100 valence electrons. The van der Waals surface area contributed by atoms with Gasteiger partial charge in [0.05, 0.1) is 0 Å². The second-order valence-corrected chi connectivity index (χ2v) is 5.76. The fourth-order valence-corrected chi connectivity index (χ4v) is 1.71. The van der Waals surface area contributed by atoms with Crippen molar-refractivity contribution in [1.29, 1.82) is 0 Å². The summed E-state index contributed by atoms with van der Waals surface area (Å²) in [4.78, 5) is 8.64.